The van der Waals surface area contributed by atoms with Gasteiger partial charge in [-0.05, 0) is 35.4 Å². The SMILES string of the molecule is Cn1ccnc1C(NC(=O)C(=O)NC(c1ccc(Cl)cc1)c1nccn1C)c1ccc(Cl)cc1. The van der Waals surface area contributed by atoms with Crippen LogP contribution in [0.3, 0.4) is 0 Å². The Labute approximate surface area is 206 Å². The van der Waals surface area contributed by atoms with E-state index in [1.165, 1.54) is 0 Å². The molecule has 0 aliphatic carbocycles. The first-order valence-electron chi connectivity index (χ1n) is 10.4. The highest BCUT2D eigenvalue weighted by Crippen LogP contribution is 2.24. The van der Waals surface area contributed by atoms with E-state index in [1.807, 2.05) is 14.1 Å². The van der Waals surface area contributed by atoms with Crippen LogP contribution in [0.15, 0.2) is 73.3 Å². The van der Waals surface area contributed by atoms with E-state index in [1.54, 1.807) is 82.5 Å². The van der Waals surface area contributed by atoms with Gasteiger partial charge >= 0.3 is 11.8 Å². The molecule has 2 aromatic carbocycles. The van der Waals surface area contributed by atoms with Crippen LogP contribution in [0.1, 0.15) is 34.9 Å². The van der Waals surface area contributed by atoms with Crippen LogP contribution in [-0.4, -0.2) is 30.9 Å². The van der Waals surface area contributed by atoms with E-state index in [9.17, 15) is 9.59 Å². The predicted molar refractivity (Wildman–Crippen MR) is 129 cm³/mol. The van der Waals surface area contributed by atoms with E-state index in [0.717, 1.165) is 11.1 Å². The molecular formula is C24H22Cl2N6O2. The fourth-order valence-corrected chi connectivity index (χ4v) is 3.86. The fourth-order valence-electron chi connectivity index (χ4n) is 3.61. The highest BCUT2D eigenvalue weighted by molar-refractivity contribution is 6.35. The summed E-state index contributed by atoms with van der Waals surface area (Å²) in [7, 11) is 3.63. The predicted octanol–water partition coefficient (Wildman–Crippen LogP) is 3.57. The van der Waals surface area contributed by atoms with Crippen molar-refractivity contribution in [2.45, 2.75) is 12.1 Å². The smallest absolute Gasteiger partial charge is 0.310 e. The quantitative estimate of drug-likeness (QED) is 0.399. The van der Waals surface area contributed by atoms with Crippen molar-refractivity contribution < 1.29 is 9.59 Å². The zero-order chi connectivity index (χ0) is 24.2. The molecular weight excluding hydrogens is 475 g/mol. The summed E-state index contributed by atoms with van der Waals surface area (Å²) in [6.45, 7) is 0. The lowest BCUT2D eigenvalue weighted by atomic mass is 10.1. The van der Waals surface area contributed by atoms with E-state index in [2.05, 4.69) is 20.6 Å². The molecule has 0 spiro atoms. The number of halogens is 2. The molecule has 0 saturated heterocycles. The molecule has 8 nitrogen and oxygen atoms in total. The summed E-state index contributed by atoms with van der Waals surface area (Å²) in [6.07, 6.45) is 6.79. The molecule has 2 aromatic heterocycles. The molecule has 0 radical (unpaired) electrons. The Morgan fingerprint density at radius 2 is 1.06 bits per heavy atom. The molecule has 0 bridgehead atoms. The zero-order valence-electron chi connectivity index (χ0n) is 18.4. The number of nitrogens with one attached hydrogen (secondary N) is 2. The Morgan fingerprint density at radius 1 is 0.706 bits per heavy atom. The maximum absolute atomic E-state index is 13.0. The van der Waals surface area contributed by atoms with Gasteiger partial charge in [-0.15, -0.1) is 0 Å². The third kappa shape index (κ3) is 5.13. The molecule has 174 valence electrons. The van der Waals surface area contributed by atoms with Gasteiger partial charge in [-0.1, -0.05) is 47.5 Å². The Kier molecular flexibility index (Phi) is 7.00. The lowest BCUT2D eigenvalue weighted by Gasteiger charge is -2.21. The topological polar surface area (TPSA) is 93.8 Å². The van der Waals surface area contributed by atoms with Crippen molar-refractivity contribution in [2.75, 3.05) is 0 Å². The van der Waals surface area contributed by atoms with Gasteiger partial charge in [0.15, 0.2) is 0 Å². The maximum atomic E-state index is 13.0. The highest BCUT2D eigenvalue weighted by Gasteiger charge is 2.28. The monoisotopic (exact) mass is 496 g/mol. The first kappa shape index (κ1) is 23.5. The standard InChI is InChI=1S/C24H22Cl2N6O2/c1-31-13-11-27-21(31)19(15-3-7-17(25)8-4-15)29-23(33)24(34)30-20(22-28-12-14-32(22)2)16-5-9-18(26)10-6-16/h3-14,19-20H,1-2H3,(H,29,33)(H,30,34). The average molecular weight is 497 g/mol. The van der Waals surface area contributed by atoms with Gasteiger partial charge in [0.05, 0.1) is 0 Å². The third-order valence-corrected chi connectivity index (χ3v) is 5.90. The van der Waals surface area contributed by atoms with Crippen molar-refractivity contribution in [3.8, 4) is 0 Å². The minimum Gasteiger partial charge on any atom is -0.336 e. The van der Waals surface area contributed by atoms with Crippen molar-refractivity contribution in [1.82, 2.24) is 29.7 Å². The second-order valence-electron chi connectivity index (χ2n) is 7.71. The summed E-state index contributed by atoms with van der Waals surface area (Å²) in [6, 6.07) is 12.7. The van der Waals surface area contributed by atoms with Gasteiger partial charge in [0.25, 0.3) is 0 Å². The molecule has 2 amide bonds. The lowest BCUT2D eigenvalue weighted by Crippen LogP contribution is -2.44. The van der Waals surface area contributed by atoms with Gasteiger partial charge < -0.3 is 19.8 Å². The number of benzene rings is 2. The summed E-state index contributed by atoms with van der Waals surface area (Å²) in [5, 5.41) is 6.72. The van der Waals surface area contributed by atoms with E-state index < -0.39 is 23.9 Å². The van der Waals surface area contributed by atoms with Crippen LogP contribution in [0.4, 0.5) is 0 Å². The van der Waals surface area contributed by atoms with E-state index >= 15 is 0 Å². The number of amides is 2. The second-order valence-corrected chi connectivity index (χ2v) is 8.58. The van der Waals surface area contributed by atoms with Crippen LogP contribution < -0.4 is 10.6 Å². The van der Waals surface area contributed by atoms with Crippen molar-refractivity contribution >= 4 is 35.0 Å². The lowest BCUT2D eigenvalue weighted by molar-refractivity contribution is -0.139. The Bertz CT molecular complexity index is 1200. The van der Waals surface area contributed by atoms with Crippen LogP contribution in [0, 0.1) is 0 Å². The first-order chi connectivity index (χ1) is 16.3. The molecule has 34 heavy (non-hydrogen) atoms. The van der Waals surface area contributed by atoms with Crippen LogP contribution >= 0.6 is 23.2 Å². The molecule has 2 heterocycles. The number of carbonyl (C=O) groups excluding carboxylic acids is 2. The van der Waals surface area contributed by atoms with E-state index in [-0.39, 0.29) is 0 Å². The number of aryl methyl sites for hydroxylation is 2. The number of hydrogen-bond donors (Lipinski definition) is 2. The molecule has 4 rings (SSSR count). The second kappa shape index (κ2) is 10.1. The summed E-state index contributed by atoms with van der Waals surface area (Å²) < 4.78 is 3.56. The van der Waals surface area contributed by atoms with Gasteiger partial charge in [0, 0.05) is 48.9 Å². The number of rotatable bonds is 6. The average Bonchev–Trinajstić information content (AvgIpc) is 3.44. The molecule has 0 saturated carbocycles. The Morgan fingerprint density at radius 3 is 1.35 bits per heavy atom. The summed E-state index contributed by atoms with van der Waals surface area (Å²) in [5.41, 5.74) is 1.47. The molecule has 0 fully saturated rings. The molecule has 2 unspecified atom stereocenters. The molecule has 0 aliphatic heterocycles. The molecule has 0 aliphatic rings. The van der Waals surface area contributed by atoms with Crippen molar-refractivity contribution in [2.24, 2.45) is 14.1 Å². The zero-order valence-corrected chi connectivity index (χ0v) is 20.0. The summed E-state index contributed by atoms with van der Waals surface area (Å²) >= 11 is 12.1. The van der Waals surface area contributed by atoms with Gasteiger partial charge in [0.2, 0.25) is 0 Å². The van der Waals surface area contributed by atoms with Gasteiger partial charge in [-0.3, -0.25) is 9.59 Å². The molecule has 2 N–H and O–H groups in total. The van der Waals surface area contributed by atoms with Gasteiger partial charge in [0.1, 0.15) is 23.7 Å². The van der Waals surface area contributed by atoms with Crippen LogP contribution in [-0.2, 0) is 23.7 Å². The fraction of sp³-hybridized carbons (Fsp3) is 0.167. The first-order valence-corrected chi connectivity index (χ1v) is 11.2. The number of nitrogens with zero attached hydrogens (tertiary/aromatic N) is 4. The van der Waals surface area contributed by atoms with Crippen molar-refractivity contribution in [3.05, 3.63) is 106 Å². The maximum Gasteiger partial charge on any atom is 0.310 e. The minimum atomic E-state index is -0.809. The number of hydrogen-bond acceptors (Lipinski definition) is 4. The Balaban J connectivity index is 1.59. The third-order valence-electron chi connectivity index (χ3n) is 5.40. The number of aromatic nitrogens is 4. The number of carbonyl (C=O) groups is 2. The van der Waals surface area contributed by atoms with Crippen LogP contribution in [0.25, 0.3) is 0 Å². The highest BCUT2D eigenvalue weighted by atomic mass is 35.5. The molecule has 10 heteroatoms. The van der Waals surface area contributed by atoms with Crippen LogP contribution in [0.2, 0.25) is 10.0 Å². The van der Waals surface area contributed by atoms with Crippen molar-refractivity contribution in [1.29, 1.82) is 0 Å². The summed E-state index contributed by atoms with van der Waals surface area (Å²) in [4.78, 5) is 34.8. The summed E-state index contributed by atoms with van der Waals surface area (Å²) in [5.74, 6) is -0.476. The van der Waals surface area contributed by atoms with Crippen LogP contribution in [0.5, 0.6) is 0 Å². The molecule has 4 aromatic rings. The van der Waals surface area contributed by atoms with Gasteiger partial charge in [-0.25, -0.2) is 9.97 Å². The van der Waals surface area contributed by atoms with E-state index in [0.29, 0.717) is 21.7 Å². The van der Waals surface area contributed by atoms with Gasteiger partial charge in [-0.2, -0.15) is 0 Å². The molecule has 2 atom stereocenters. The van der Waals surface area contributed by atoms with Crippen molar-refractivity contribution in [3.63, 3.8) is 0 Å². The largest absolute Gasteiger partial charge is 0.336 e. The minimum absolute atomic E-state index is 0.562. The number of imidazole rings is 2. The Hall–Kier alpha value is -3.62. The normalized spacial score (nSPS) is 12.7. The van der Waals surface area contributed by atoms with E-state index in [4.69, 9.17) is 23.2 Å².